The van der Waals surface area contributed by atoms with Crippen molar-refractivity contribution < 1.29 is 4.79 Å². The van der Waals surface area contributed by atoms with Crippen LogP contribution >= 0.6 is 11.8 Å². The van der Waals surface area contributed by atoms with Gasteiger partial charge in [0.1, 0.15) is 5.82 Å². The highest BCUT2D eigenvalue weighted by Gasteiger charge is 2.22. The van der Waals surface area contributed by atoms with Crippen LogP contribution in [0.3, 0.4) is 0 Å². The van der Waals surface area contributed by atoms with Gasteiger partial charge in [0.2, 0.25) is 5.91 Å². The number of carbonyl (C=O) groups is 1. The van der Waals surface area contributed by atoms with E-state index in [1.807, 2.05) is 36.1 Å². The molecule has 0 aliphatic carbocycles. The molecule has 0 saturated carbocycles. The number of nitrogens with zero attached hydrogens (tertiary/aromatic N) is 5. The zero-order chi connectivity index (χ0) is 20.8. The van der Waals surface area contributed by atoms with Gasteiger partial charge in [-0.05, 0) is 18.1 Å². The Morgan fingerprint density at radius 1 is 0.867 bits per heavy atom. The van der Waals surface area contributed by atoms with Crippen molar-refractivity contribution >= 4 is 17.7 Å². The Hall–Kier alpha value is -2.64. The van der Waals surface area contributed by atoms with Gasteiger partial charge in [0.15, 0.2) is 5.16 Å². The molecular formula is C23H27N5OS. The normalized spacial score (nSPS) is 14.8. The molecule has 0 spiro atoms. The number of rotatable bonds is 7. The van der Waals surface area contributed by atoms with Gasteiger partial charge in [0, 0.05) is 32.7 Å². The van der Waals surface area contributed by atoms with Gasteiger partial charge < -0.3 is 9.47 Å². The van der Waals surface area contributed by atoms with Crippen molar-refractivity contribution in [2.45, 2.75) is 25.2 Å². The standard InChI is InChI=1S/C23H27N5OS/c1-19-24-25-23(28(19)17-21-10-6-3-7-11-21)30-18-22(29)27-14-12-26(13-15-27)16-20-8-4-2-5-9-20/h2-11H,12-18H2,1H3. The van der Waals surface area contributed by atoms with E-state index in [2.05, 4.69) is 56.1 Å². The van der Waals surface area contributed by atoms with Crippen molar-refractivity contribution in [1.82, 2.24) is 24.6 Å². The fourth-order valence-corrected chi connectivity index (χ4v) is 4.52. The summed E-state index contributed by atoms with van der Waals surface area (Å²) in [5.74, 6) is 1.43. The van der Waals surface area contributed by atoms with Crippen molar-refractivity contribution in [3.8, 4) is 0 Å². The lowest BCUT2D eigenvalue weighted by Crippen LogP contribution is -2.48. The number of piperazine rings is 1. The predicted octanol–water partition coefficient (Wildman–Crippen LogP) is 3.07. The monoisotopic (exact) mass is 421 g/mol. The molecular weight excluding hydrogens is 394 g/mol. The average Bonchev–Trinajstić information content (AvgIpc) is 3.13. The topological polar surface area (TPSA) is 54.3 Å². The number of benzene rings is 2. The summed E-state index contributed by atoms with van der Waals surface area (Å²) in [6, 6.07) is 20.8. The summed E-state index contributed by atoms with van der Waals surface area (Å²) in [7, 11) is 0. The van der Waals surface area contributed by atoms with E-state index in [-0.39, 0.29) is 5.91 Å². The van der Waals surface area contributed by atoms with E-state index in [9.17, 15) is 4.79 Å². The van der Waals surface area contributed by atoms with Crippen LogP contribution in [0.15, 0.2) is 65.8 Å². The van der Waals surface area contributed by atoms with Crippen LogP contribution in [0.4, 0.5) is 0 Å². The van der Waals surface area contributed by atoms with E-state index in [0.29, 0.717) is 12.3 Å². The molecule has 7 heteroatoms. The summed E-state index contributed by atoms with van der Waals surface area (Å²) >= 11 is 1.48. The van der Waals surface area contributed by atoms with E-state index in [0.717, 1.165) is 43.7 Å². The fourth-order valence-electron chi connectivity index (χ4n) is 3.63. The van der Waals surface area contributed by atoms with Crippen molar-refractivity contribution in [3.63, 3.8) is 0 Å². The van der Waals surface area contributed by atoms with Crippen molar-refractivity contribution in [2.24, 2.45) is 0 Å². The molecule has 1 amide bonds. The summed E-state index contributed by atoms with van der Waals surface area (Å²) in [5, 5.41) is 9.30. The Bertz CT molecular complexity index is 952. The van der Waals surface area contributed by atoms with Crippen LogP contribution < -0.4 is 0 Å². The quantitative estimate of drug-likeness (QED) is 0.549. The average molecular weight is 422 g/mol. The zero-order valence-corrected chi connectivity index (χ0v) is 18.1. The Morgan fingerprint density at radius 3 is 2.10 bits per heavy atom. The molecule has 0 N–H and O–H groups in total. The number of aromatic nitrogens is 3. The molecule has 1 aliphatic rings. The largest absolute Gasteiger partial charge is 0.339 e. The minimum Gasteiger partial charge on any atom is -0.339 e. The molecule has 1 saturated heterocycles. The van der Waals surface area contributed by atoms with Crippen molar-refractivity contribution in [3.05, 3.63) is 77.6 Å². The van der Waals surface area contributed by atoms with Gasteiger partial charge in [-0.2, -0.15) is 0 Å². The summed E-state index contributed by atoms with van der Waals surface area (Å²) in [5.41, 5.74) is 2.52. The zero-order valence-electron chi connectivity index (χ0n) is 17.3. The fraction of sp³-hybridized carbons (Fsp3) is 0.348. The Kier molecular flexibility index (Phi) is 6.81. The maximum Gasteiger partial charge on any atom is 0.233 e. The second kappa shape index (κ2) is 9.91. The summed E-state index contributed by atoms with van der Waals surface area (Å²) in [4.78, 5) is 17.1. The lowest BCUT2D eigenvalue weighted by atomic mass is 10.2. The molecule has 0 bridgehead atoms. The van der Waals surface area contributed by atoms with Crippen LogP contribution in [0.25, 0.3) is 0 Å². The van der Waals surface area contributed by atoms with E-state index in [1.54, 1.807) is 0 Å². The first kappa shape index (κ1) is 20.6. The summed E-state index contributed by atoms with van der Waals surface area (Å²) in [6.07, 6.45) is 0. The van der Waals surface area contributed by atoms with E-state index in [4.69, 9.17) is 0 Å². The van der Waals surface area contributed by atoms with Crippen LogP contribution in [-0.4, -0.2) is 62.4 Å². The van der Waals surface area contributed by atoms with Crippen LogP contribution in [-0.2, 0) is 17.9 Å². The number of amides is 1. The van der Waals surface area contributed by atoms with Gasteiger partial charge in [0.25, 0.3) is 0 Å². The van der Waals surface area contributed by atoms with Crippen LogP contribution in [0, 0.1) is 6.92 Å². The lowest BCUT2D eigenvalue weighted by molar-refractivity contribution is -0.130. The SMILES string of the molecule is Cc1nnc(SCC(=O)N2CCN(Cc3ccccc3)CC2)n1Cc1ccccc1. The van der Waals surface area contributed by atoms with E-state index in [1.165, 1.54) is 22.9 Å². The highest BCUT2D eigenvalue weighted by molar-refractivity contribution is 7.99. The van der Waals surface area contributed by atoms with Crippen molar-refractivity contribution in [2.75, 3.05) is 31.9 Å². The highest BCUT2D eigenvalue weighted by Crippen LogP contribution is 2.19. The first-order chi connectivity index (χ1) is 14.7. The number of aryl methyl sites for hydroxylation is 1. The van der Waals surface area contributed by atoms with Gasteiger partial charge in [-0.15, -0.1) is 10.2 Å². The van der Waals surface area contributed by atoms with Gasteiger partial charge in [-0.25, -0.2) is 0 Å². The third-order valence-corrected chi connectivity index (χ3v) is 6.34. The number of hydrogen-bond acceptors (Lipinski definition) is 5. The molecule has 6 nitrogen and oxygen atoms in total. The maximum absolute atomic E-state index is 12.7. The lowest BCUT2D eigenvalue weighted by Gasteiger charge is -2.34. The maximum atomic E-state index is 12.7. The van der Waals surface area contributed by atoms with Gasteiger partial charge in [0.05, 0.1) is 12.3 Å². The molecule has 4 rings (SSSR count). The smallest absolute Gasteiger partial charge is 0.233 e. The molecule has 0 atom stereocenters. The van der Waals surface area contributed by atoms with Crippen LogP contribution in [0.5, 0.6) is 0 Å². The van der Waals surface area contributed by atoms with E-state index >= 15 is 0 Å². The summed E-state index contributed by atoms with van der Waals surface area (Å²) < 4.78 is 2.07. The van der Waals surface area contributed by atoms with Crippen LogP contribution in [0.2, 0.25) is 0 Å². The van der Waals surface area contributed by atoms with Gasteiger partial charge >= 0.3 is 0 Å². The predicted molar refractivity (Wildman–Crippen MR) is 119 cm³/mol. The van der Waals surface area contributed by atoms with Gasteiger partial charge in [-0.1, -0.05) is 72.4 Å². The van der Waals surface area contributed by atoms with E-state index < -0.39 is 0 Å². The molecule has 2 aromatic carbocycles. The Balaban J connectivity index is 1.27. The molecule has 156 valence electrons. The third-order valence-electron chi connectivity index (χ3n) is 5.38. The first-order valence-electron chi connectivity index (χ1n) is 10.3. The minimum atomic E-state index is 0.172. The molecule has 30 heavy (non-hydrogen) atoms. The summed E-state index contributed by atoms with van der Waals surface area (Å²) in [6.45, 7) is 6.99. The first-order valence-corrected chi connectivity index (χ1v) is 11.3. The molecule has 1 aromatic heterocycles. The molecule has 1 aliphatic heterocycles. The molecule has 2 heterocycles. The molecule has 1 fully saturated rings. The molecule has 3 aromatic rings. The second-order valence-corrected chi connectivity index (χ2v) is 8.48. The van der Waals surface area contributed by atoms with Gasteiger partial charge in [-0.3, -0.25) is 9.69 Å². The highest BCUT2D eigenvalue weighted by atomic mass is 32.2. The third kappa shape index (κ3) is 5.29. The number of hydrogen-bond donors (Lipinski definition) is 0. The molecule has 0 radical (unpaired) electrons. The number of carbonyl (C=O) groups excluding carboxylic acids is 1. The minimum absolute atomic E-state index is 0.172. The molecule has 0 unspecified atom stereocenters. The second-order valence-electron chi connectivity index (χ2n) is 7.53. The number of thioether (sulfide) groups is 1. The Morgan fingerprint density at radius 2 is 1.47 bits per heavy atom. The van der Waals surface area contributed by atoms with Crippen molar-refractivity contribution in [1.29, 1.82) is 0 Å². The Labute approximate surface area is 181 Å². The van der Waals surface area contributed by atoms with Crippen LogP contribution in [0.1, 0.15) is 17.0 Å².